The van der Waals surface area contributed by atoms with Gasteiger partial charge in [0.25, 0.3) is 0 Å². The molecule has 29 heavy (non-hydrogen) atoms. The minimum Gasteiger partial charge on any atom is -0.444 e. The lowest BCUT2D eigenvalue weighted by Gasteiger charge is -2.28. The first-order chi connectivity index (χ1) is 13.1. The summed E-state index contributed by atoms with van der Waals surface area (Å²) in [5, 5.41) is 14.1. The standard InChI is InChI=1S/C19H35N7O2.HI/c1-12(2)15(24-18(27)28-19(4,5)6)11-21-17(20-7)23-14-9-8-10-26-16(14)22-13(3)25-26;/h12,14-15H,8-11H2,1-7H3,(H,24,27)(H2,20,21,23);1H. The molecule has 166 valence electrons. The van der Waals surface area contributed by atoms with Gasteiger partial charge in [0.1, 0.15) is 17.2 Å². The zero-order valence-corrected chi connectivity index (χ0v) is 20.9. The number of hydrogen-bond acceptors (Lipinski definition) is 5. The summed E-state index contributed by atoms with van der Waals surface area (Å²) in [5.41, 5.74) is -0.522. The predicted octanol–water partition coefficient (Wildman–Crippen LogP) is 2.75. The first-order valence-corrected chi connectivity index (χ1v) is 9.97. The van der Waals surface area contributed by atoms with E-state index < -0.39 is 11.7 Å². The summed E-state index contributed by atoms with van der Waals surface area (Å²) < 4.78 is 7.34. The van der Waals surface area contributed by atoms with E-state index in [-0.39, 0.29) is 42.0 Å². The third kappa shape index (κ3) is 7.98. The molecule has 0 aliphatic carbocycles. The number of aliphatic imine (C=N–C) groups is 1. The lowest BCUT2D eigenvalue weighted by Crippen LogP contribution is -2.51. The van der Waals surface area contributed by atoms with Crippen molar-refractivity contribution in [2.75, 3.05) is 13.6 Å². The van der Waals surface area contributed by atoms with E-state index in [4.69, 9.17) is 4.74 Å². The number of guanidine groups is 1. The molecule has 0 fully saturated rings. The summed E-state index contributed by atoms with van der Waals surface area (Å²) in [5.74, 6) is 2.64. The minimum absolute atomic E-state index is 0. The van der Waals surface area contributed by atoms with Crippen LogP contribution in [0, 0.1) is 12.8 Å². The summed E-state index contributed by atoms with van der Waals surface area (Å²) in [6.45, 7) is 13.0. The maximum Gasteiger partial charge on any atom is 0.407 e. The van der Waals surface area contributed by atoms with Crippen molar-refractivity contribution in [1.29, 1.82) is 0 Å². The minimum atomic E-state index is -0.522. The van der Waals surface area contributed by atoms with E-state index in [0.717, 1.165) is 31.0 Å². The Morgan fingerprint density at radius 3 is 2.66 bits per heavy atom. The van der Waals surface area contributed by atoms with Gasteiger partial charge in [-0.25, -0.2) is 14.5 Å². The number of alkyl carbamates (subject to hydrolysis) is 1. The highest BCUT2D eigenvalue weighted by Crippen LogP contribution is 2.22. The van der Waals surface area contributed by atoms with Gasteiger partial charge in [-0.2, -0.15) is 5.10 Å². The van der Waals surface area contributed by atoms with Crippen molar-refractivity contribution in [3.63, 3.8) is 0 Å². The van der Waals surface area contributed by atoms with Crippen LogP contribution in [0.25, 0.3) is 0 Å². The van der Waals surface area contributed by atoms with E-state index in [1.165, 1.54) is 0 Å². The molecule has 0 saturated carbocycles. The van der Waals surface area contributed by atoms with Crippen molar-refractivity contribution >= 4 is 36.0 Å². The second-order valence-electron chi connectivity index (χ2n) is 8.53. The molecule has 1 aromatic heterocycles. The Bertz CT molecular complexity index is 697. The second kappa shape index (κ2) is 11.0. The molecule has 0 radical (unpaired) electrons. The van der Waals surface area contributed by atoms with E-state index in [9.17, 15) is 4.79 Å². The van der Waals surface area contributed by atoms with Gasteiger partial charge in [0.2, 0.25) is 0 Å². The first kappa shape index (κ1) is 25.4. The van der Waals surface area contributed by atoms with Gasteiger partial charge < -0.3 is 20.7 Å². The molecule has 9 nitrogen and oxygen atoms in total. The Balaban J connectivity index is 0.00000420. The number of ether oxygens (including phenoxy) is 1. The summed E-state index contributed by atoms with van der Waals surface area (Å²) >= 11 is 0. The van der Waals surface area contributed by atoms with Crippen molar-refractivity contribution < 1.29 is 9.53 Å². The van der Waals surface area contributed by atoms with E-state index >= 15 is 0 Å². The molecular formula is C19H36IN7O2. The zero-order valence-electron chi connectivity index (χ0n) is 18.6. The van der Waals surface area contributed by atoms with Crippen LogP contribution in [0.3, 0.4) is 0 Å². The molecule has 1 aliphatic heterocycles. The number of nitrogens with one attached hydrogen (secondary N) is 3. The van der Waals surface area contributed by atoms with Crippen molar-refractivity contribution in [3.8, 4) is 0 Å². The second-order valence-corrected chi connectivity index (χ2v) is 8.53. The number of carbonyl (C=O) groups excluding carboxylic acids is 1. The molecule has 2 atom stereocenters. The third-order valence-corrected chi connectivity index (χ3v) is 4.51. The van der Waals surface area contributed by atoms with Crippen molar-refractivity contribution in [1.82, 2.24) is 30.7 Å². The van der Waals surface area contributed by atoms with Crippen LogP contribution in [0.2, 0.25) is 0 Å². The Morgan fingerprint density at radius 2 is 2.07 bits per heavy atom. The summed E-state index contributed by atoms with van der Waals surface area (Å²) in [4.78, 5) is 21.0. The molecule has 1 aromatic rings. The number of amides is 1. The van der Waals surface area contributed by atoms with Crippen LogP contribution in [-0.4, -0.2) is 52.1 Å². The highest BCUT2D eigenvalue weighted by atomic mass is 127. The molecule has 0 saturated heterocycles. The average molecular weight is 521 g/mol. The maximum absolute atomic E-state index is 12.1. The predicted molar refractivity (Wildman–Crippen MR) is 125 cm³/mol. The summed E-state index contributed by atoms with van der Waals surface area (Å²) in [6.07, 6.45) is 1.61. The van der Waals surface area contributed by atoms with Crippen molar-refractivity contribution in [2.24, 2.45) is 10.9 Å². The van der Waals surface area contributed by atoms with Gasteiger partial charge in [0, 0.05) is 20.1 Å². The fraction of sp³-hybridized carbons (Fsp3) is 0.789. The van der Waals surface area contributed by atoms with Crippen molar-refractivity contribution in [2.45, 2.75) is 78.6 Å². The van der Waals surface area contributed by atoms with Crippen LogP contribution in [0.15, 0.2) is 4.99 Å². The molecule has 0 aromatic carbocycles. The summed E-state index contributed by atoms with van der Waals surface area (Å²) in [7, 11) is 1.74. The van der Waals surface area contributed by atoms with Gasteiger partial charge in [-0.05, 0) is 46.5 Å². The van der Waals surface area contributed by atoms with Gasteiger partial charge >= 0.3 is 6.09 Å². The average Bonchev–Trinajstić information content (AvgIpc) is 2.96. The number of nitrogens with zero attached hydrogens (tertiary/aromatic N) is 4. The van der Waals surface area contributed by atoms with Gasteiger partial charge in [-0.1, -0.05) is 13.8 Å². The van der Waals surface area contributed by atoms with Gasteiger partial charge in [0.15, 0.2) is 5.96 Å². The lowest BCUT2D eigenvalue weighted by atomic mass is 10.0. The molecule has 2 unspecified atom stereocenters. The Hall–Kier alpha value is -1.59. The maximum atomic E-state index is 12.1. The Kier molecular flexibility index (Phi) is 9.63. The quantitative estimate of drug-likeness (QED) is 0.313. The third-order valence-electron chi connectivity index (χ3n) is 4.51. The molecule has 2 heterocycles. The van der Waals surface area contributed by atoms with E-state index in [1.54, 1.807) is 7.05 Å². The van der Waals surface area contributed by atoms with Crippen LogP contribution in [0.5, 0.6) is 0 Å². The molecule has 1 aliphatic rings. The van der Waals surface area contributed by atoms with Gasteiger partial charge in [0.05, 0.1) is 12.1 Å². The zero-order chi connectivity index (χ0) is 20.9. The van der Waals surface area contributed by atoms with E-state index in [0.29, 0.717) is 12.5 Å². The number of aryl methyl sites for hydroxylation is 2. The SMILES string of the molecule is CN=C(NCC(NC(=O)OC(C)(C)C)C(C)C)NC1CCCn2nc(C)nc21.I. The monoisotopic (exact) mass is 521 g/mol. The van der Waals surface area contributed by atoms with Crippen LogP contribution in [-0.2, 0) is 11.3 Å². The Labute approximate surface area is 190 Å². The van der Waals surface area contributed by atoms with Crippen LogP contribution in [0.4, 0.5) is 4.79 Å². The molecule has 10 heteroatoms. The molecule has 0 spiro atoms. The summed E-state index contributed by atoms with van der Waals surface area (Å²) in [6, 6.07) is -0.0249. The molecule has 2 rings (SSSR count). The fourth-order valence-electron chi connectivity index (χ4n) is 3.08. The van der Waals surface area contributed by atoms with E-state index in [1.807, 2.05) is 32.4 Å². The highest BCUT2D eigenvalue weighted by Gasteiger charge is 2.25. The molecule has 1 amide bonds. The lowest BCUT2D eigenvalue weighted by molar-refractivity contribution is 0.0491. The van der Waals surface area contributed by atoms with Crippen LogP contribution < -0.4 is 16.0 Å². The molecule has 0 bridgehead atoms. The number of aromatic nitrogens is 3. The largest absolute Gasteiger partial charge is 0.444 e. The van der Waals surface area contributed by atoms with Crippen molar-refractivity contribution in [3.05, 3.63) is 11.6 Å². The smallest absolute Gasteiger partial charge is 0.407 e. The van der Waals surface area contributed by atoms with Crippen LogP contribution >= 0.6 is 24.0 Å². The topological polar surface area (TPSA) is 105 Å². The van der Waals surface area contributed by atoms with E-state index in [2.05, 4.69) is 44.9 Å². The first-order valence-electron chi connectivity index (χ1n) is 9.97. The number of hydrogen-bond donors (Lipinski definition) is 3. The fourth-order valence-corrected chi connectivity index (χ4v) is 3.08. The molecule has 3 N–H and O–H groups in total. The van der Waals surface area contributed by atoms with Gasteiger partial charge in [-0.15, -0.1) is 24.0 Å². The normalized spacial score (nSPS) is 17.8. The number of fused-ring (bicyclic) bond motifs is 1. The Morgan fingerprint density at radius 1 is 1.38 bits per heavy atom. The number of rotatable bonds is 5. The highest BCUT2D eigenvalue weighted by molar-refractivity contribution is 14.0. The van der Waals surface area contributed by atoms with Gasteiger partial charge in [-0.3, -0.25) is 4.99 Å². The molecular weight excluding hydrogens is 485 g/mol. The number of halogens is 1. The van der Waals surface area contributed by atoms with Crippen LogP contribution in [0.1, 0.15) is 65.2 Å². The number of carbonyl (C=O) groups is 1.